The van der Waals surface area contributed by atoms with E-state index in [2.05, 4.69) is 14.9 Å². The number of nitrogens with zero attached hydrogens (tertiary/aromatic N) is 2. The first-order valence-electron chi connectivity index (χ1n) is 8.67. The van der Waals surface area contributed by atoms with Crippen LogP contribution < -0.4 is 9.64 Å². The Kier molecular flexibility index (Phi) is 5.03. The zero-order chi connectivity index (χ0) is 18.8. The van der Waals surface area contributed by atoms with Gasteiger partial charge in [0.05, 0.1) is 19.3 Å². The molecule has 0 fully saturated rings. The van der Waals surface area contributed by atoms with Crippen molar-refractivity contribution in [3.8, 4) is 5.75 Å². The molecule has 1 aromatic heterocycles. The molecule has 3 aromatic rings. The summed E-state index contributed by atoms with van der Waals surface area (Å²) in [6.07, 6.45) is 4.26. The van der Waals surface area contributed by atoms with Crippen LogP contribution in [0.25, 0.3) is 0 Å². The average molecular weight is 387 g/mol. The third kappa shape index (κ3) is 3.78. The molecule has 1 N–H and O–H groups in total. The molecule has 2 aromatic carbocycles. The fraction of sp³-hybridized carbons (Fsp3) is 0.250. The van der Waals surface area contributed by atoms with Crippen molar-refractivity contribution in [1.82, 2.24) is 9.97 Å². The van der Waals surface area contributed by atoms with E-state index in [4.69, 9.17) is 4.74 Å². The van der Waals surface area contributed by atoms with Gasteiger partial charge in [-0.2, -0.15) is 0 Å². The number of benzene rings is 2. The van der Waals surface area contributed by atoms with Crippen LogP contribution in [0, 0.1) is 11.6 Å². The number of imidazole rings is 1. The maximum atomic E-state index is 14.4. The van der Waals surface area contributed by atoms with E-state index in [0.29, 0.717) is 12.1 Å². The summed E-state index contributed by atoms with van der Waals surface area (Å²) in [4.78, 5) is 10.7. The topological polar surface area (TPSA) is 41.1 Å². The number of rotatable bonds is 4. The van der Waals surface area contributed by atoms with Crippen molar-refractivity contribution in [1.29, 1.82) is 0 Å². The molecular formula is C20H19F2N3OS. The quantitative estimate of drug-likeness (QED) is 0.688. The number of fused-ring (bicyclic) bond motifs is 1. The first-order chi connectivity index (χ1) is 13.1. The molecule has 1 aliphatic rings. The normalized spacial score (nSPS) is 16.7. The van der Waals surface area contributed by atoms with E-state index in [0.717, 1.165) is 41.2 Å². The SMILES string of the molecule is COc1ccc2c(c1)SC(c1ccc(F)cc1F)CCN2Cc1ncc[nH]1. The number of hydrogen-bond donors (Lipinski definition) is 1. The van der Waals surface area contributed by atoms with E-state index in [1.54, 1.807) is 37.3 Å². The smallest absolute Gasteiger partial charge is 0.130 e. The number of aromatic amines is 1. The second kappa shape index (κ2) is 7.60. The van der Waals surface area contributed by atoms with Gasteiger partial charge in [0.2, 0.25) is 0 Å². The Morgan fingerprint density at radius 2 is 2.15 bits per heavy atom. The highest BCUT2D eigenvalue weighted by atomic mass is 32.2. The van der Waals surface area contributed by atoms with Crippen molar-refractivity contribution in [3.05, 3.63) is 71.8 Å². The van der Waals surface area contributed by atoms with Crippen LogP contribution in [0.5, 0.6) is 5.75 Å². The number of H-pyrrole nitrogens is 1. The Bertz CT molecular complexity index is 933. The molecular weight excluding hydrogens is 368 g/mol. The highest BCUT2D eigenvalue weighted by Crippen LogP contribution is 2.47. The number of nitrogens with one attached hydrogen (secondary N) is 1. The van der Waals surface area contributed by atoms with Crippen LogP contribution in [0.1, 0.15) is 23.1 Å². The highest BCUT2D eigenvalue weighted by Gasteiger charge is 2.26. The lowest BCUT2D eigenvalue weighted by Crippen LogP contribution is -2.24. The molecule has 0 spiro atoms. The van der Waals surface area contributed by atoms with Crippen LogP contribution in [0.15, 0.2) is 53.7 Å². The van der Waals surface area contributed by atoms with E-state index in [1.165, 1.54) is 6.07 Å². The van der Waals surface area contributed by atoms with Crippen LogP contribution in [-0.2, 0) is 6.54 Å². The lowest BCUT2D eigenvalue weighted by Gasteiger charge is -2.23. The number of anilines is 1. The van der Waals surface area contributed by atoms with Gasteiger partial charge in [-0.15, -0.1) is 11.8 Å². The maximum Gasteiger partial charge on any atom is 0.130 e. The van der Waals surface area contributed by atoms with Crippen molar-refractivity contribution in [3.63, 3.8) is 0 Å². The van der Waals surface area contributed by atoms with Crippen molar-refractivity contribution >= 4 is 17.4 Å². The molecule has 0 radical (unpaired) electrons. The zero-order valence-corrected chi connectivity index (χ0v) is 15.6. The summed E-state index contributed by atoms with van der Waals surface area (Å²) >= 11 is 1.58. The molecule has 1 unspecified atom stereocenters. The first-order valence-corrected chi connectivity index (χ1v) is 9.55. The second-order valence-corrected chi connectivity index (χ2v) is 7.60. The molecule has 2 heterocycles. The van der Waals surface area contributed by atoms with Crippen molar-refractivity contribution < 1.29 is 13.5 Å². The minimum atomic E-state index is -0.559. The van der Waals surface area contributed by atoms with Gasteiger partial charge in [-0.3, -0.25) is 0 Å². The van der Waals surface area contributed by atoms with Crippen LogP contribution >= 0.6 is 11.8 Å². The molecule has 4 rings (SSSR count). The lowest BCUT2D eigenvalue weighted by atomic mass is 10.1. The van der Waals surface area contributed by atoms with Gasteiger partial charge in [0, 0.05) is 40.7 Å². The minimum absolute atomic E-state index is 0.113. The van der Waals surface area contributed by atoms with Crippen molar-refractivity contribution in [2.75, 3.05) is 18.6 Å². The fourth-order valence-corrected chi connectivity index (χ4v) is 4.64. The van der Waals surface area contributed by atoms with Crippen LogP contribution in [0.3, 0.4) is 0 Å². The number of halogens is 2. The van der Waals surface area contributed by atoms with Gasteiger partial charge in [0.15, 0.2) is 0 Å². The maximum absolute atomic E-state index is 14.4. The standard InChI is InChI=1S/C20H19F2N3OS/c1-26-14-3-5-17-19(11-14)27-18(15-4-2-13(21)10-16(15)22)6-9-25(17)12-20-23-7-8-24-20/h2-5,7-8,10-11,18H,6,9,12H2,1H3,(H,23,24). The predicted molar refractivity (Wildman–Crippen MR) is 102 cm³/mol. The number of methoxy groups -OCH3 is 1. The third-order valence-electron chi connectivity index (χ3n) is 4.64. The predicted octanol–water partition coefficient (Wildman–Crippen LogP) is 4.94. The summed E-state index contributed by atoms with van der Waals surface area (Å²) in [5.41, 5.74) is 1.58. The second-order valence-electron chi connectivity index (χ2n) is 6.35. The number of hydrogen-bond acceptors (Lipinski definition) is 4. The molecule has 0 saturated carbocycles. The molecule has 140 valence electrons. The Morgan fingerprint density at radius 1 is 1.26 bits per heavy atom. The molecule has 1 aliphatic heterocycles. The fourth-order valence-electron chi connectivity index (χ4n) is 3.29. The number of aromatic nitrogens is 2. The molecule has 0 saturated heterocycles. The van der Waals surface area contributed by atoms with Gasteiger partial charge < -0.3 is 14.6 Å². The van der Waals surface area contributed by atoms with Crippen LogP contribution in [0.2, 0.25) is 0 Å². The largest absolute Gasteiger partial charge is 0.497 e. The van der Waals surface area contributed by atoms with Crippen molar-refractivity contribution in [2.24, 2.45) is 0 Å². The van der Waals surface area contributed by atoms with Gasteiger partial charge in [-0.05, 0) is 30.7 Å². The van der Waals surface area contributed by atoms with Crippen molar-refractivity contribution in [2.45, 2.75) is 23.1 Å². The summed E-state index contributed by atoms with van der Waals surface area (Å²) in [6, 6.07) is 9.73. The van der Waals surface area contributed by atoms with E-state index in [-0.39, 0.29) is 5.25 Å². The highest BCUT2D eigenvalue weighted by molar-refractivity contribution is 7.99. The van der Waals surface area contributed by atoms with E-state index >= 15 is 0 Å². The van der Waals surface area contributed by atoms with E-state index in [1.807, 2.05) is 18.2 Å². The first kappa shape index (κ1) is 17.9. The Balaban J connectivity index is 1.70. The molecule has 27 heavy (non-hydrogen) atoms. The number of ether oxygens (including phenoxy) is 1. The van der Waals surface area contributed by atoms with E-state index < -0.39 is 11.6 Å². The Morgan fingerprint density at radius 3 is 2.89 bits per heavy atom. The molecule has 0 aliphatic carbocycles. The summed E-state index contributed by atoms with van der Waals surface area (Å²) in [6.45, 7) is 1.36. The monoisotopic (exact) mass is 387 g/mol. The molecule has 0 amide bonds. The molecule has 1 atom stereocenters. The average Bonchev–Trinajstić information content (AvgIpc) is 3.10. The Labute approximate surface area is 160 Å². The Hall–Kier alpha value is -2.54. The minimum Gasteiger partial charge on any atom is -0.497 e. The van der Waals surface area contributed by atoms with Crippen LogP contribution in [0.4, 0.5) is 14.5 Å². The molecule has 4 nitrogen and oxygen atoms in total. The molecule has 7 heteroatoms. The van der Waals surface area contributed by atoms with E-state index in [9.17, 15) is 8.78 Å². The summed E-state index contributed by atoms with van der Waals surface area (Å²) < 4.78 is 33.1. The summed E-state index contributed by atoms with van der Waals surface area (Å²) in [5, 5.41) is -0.113. The third-order valence-corrected chi connectivity index (χ3v) is 6.00. The van der Waals surface area contributed by atoms with Gasteiger partial charge in [-0.1, -0.05) is 6.07 Å². The van der Waals surface area contributed by atoms with Gasteiger partial charge >= 0.3 is 0 Å². The molecule has 0 bridgehead atoms. The van der Waals surface area contributed by atoms with Crippen LogP contribution in [-0.4, -0.2) is 23.6 Å². The van der Waals surface area contributed by atoms with Gasteiger partial charge in [-0.25, -0.2) is 13.8 Å². The summed E-state index contributed by atoms with van der Waals surface area (Å²) in [7, 11) is 1.63. The van der Waals surface area contributed by atoms with Gasteiger partial charge in [0.1, 0.15) is 23.2 Å². The summed E-state index contributed by atoms with van der Waals surface area (Å²) in [5.74, 6) is 0.556. The number of thioether (sulfide) groups is 1. The lowest BCUT2D eigenvalue weighted by molar-refractivity contribution is 0.413. The zero-order valence-electron chi connectivity index (χ0n) is 14.8. The van der Waals surface area contributed by atoms with Gasteiger partial charge in [0.25, 0.3) is 0 Å².